The summed E-state index contributed by atoms with van der Waals surface area (Å²) in [6.45, 7) is 7.99. The lowest BCUT2D eigenvalue weighted by molar-refractivity contribution is -0.0874. The second-order valence-corrected chi connectivity index (χ2v) is 7.18. The van der Waals surface area contributed by atoms with Gasteiger partial charge < -0.3 is 19.9 Å². The summed E-state index contributed by atoms with van der Waals surface area (Å²) >= 11 is 0. The van der Waals surface area contributed by atoms with E-state index in [1.54, 1.807) is 0 Å². The minimum absolute atomic E-state index is 0.0380. The molecule has 2 aliphatic rings. The van der Waals surface area contributed by atoms with E-state index in [9.17, 15) is 4.79 Å². The number of carbonyl (C=O) groups excluding carboxylic acids is 1. The van der Waals surface area contributed by atoms with E-state index in [-0.39, 0.29) is 17.7 Å². The van der Waals surface area contributed by atoms with E-state index in [2.05, 4.69) is 29.2 Å². The molecule has 2 amide bonds. The Bertz CT molecular complexity index is 575. The van der Waals surface area contributed by atoms with Gasteiger partial charge in [0.05, 0.1) is 30.6 Å². The van der Waals surface area contributed by atoms with E-state index >= 15 is 0 Å². The molecule has 3 rings (SSSR count). The lowest BCUT2D eigenvalue weighted by Crippen LogP contribution is -2.57. The molecule has 2 aliphatic heterocycles. The van der Waals surface area contributed by atoms with Gasteiger partial charge in [0, 0.05) is 38.9 Å². The molecule has 24 heavy (non-hydrogen) atoms. The minimum atomic E-state index is -0.218. The van der Waals surface area contributed by atoms with Crippen molar-refractivity contribution >= 4 is 11.7 Å². The third kappa shape index (κ3) is 3.83. The summed E-state index contributed by atoms with van der Waals surface area (Å²) < 4.78 is 7.64. The fourth-order valence-corrected chi connectivity index (χ4v) is 3.48. The van der Waals surface area contributed by atoms with Crippen LogP contribution < -0.4 is 10.2 Å². The number of nitrogens with one attached hydrogen (secondary N) is 1. The van der Waals surface area contributed by atoms with Crippen molar-refractivity contribution < 1.29 is 9.53 Å². The van der Waals surface area contributed by atoms with Gasteiger partial charge in [0.15, 0.2) is 0 Å². The fourth-order valence-electron chi connectivity index (χ4n) is 3.48. The molecule has 1 aromatic heterocycles. The number of aromatic nitrogens is 2. The van der Waals surface area contributed by atoms with Crippen LogP contribution >= 0.6 is 0 Å². The molecule has 0 saturated carbocycles. The van der Waals surface area contributed by atoms with Crippen LogP contribution in [0.15, 0.2) is 12.4 Å². The van der Waals surface area contributed by atoms with Crippen molar-refractivity contribution in [3.63, 3.8) is 0 Å². The van der Waals surface area contributed by atoms with Gasteiger partial charge in [-0.15, -0.1) is 0 Å². The third-order valence-corrected chi connectivity index (χ3v) is 5.18. The van der Waals surface area contributed by atoms with Crippen LogP contribution in [0.5, 0.6) is 0 Å². The first kappa shape index (κ1) is 17.1. The molecular formula is C17H29N5O2. The molecule has 0 aromatic carbocycles. The van der Waals surface area contributed by atoms with Crippen molar-refractivity contribution in [3.05, 3.63) is 12.4 Å². The molecule has 0 radical (unpaired) electrons. The molecule has 3 heterocycles. The lowest BCUT2D eigenvalue weighted by Gasteiger charge is -2.41. The number of nitrogens with zero attached hydrogens (tertiary/aromatic N) is 4. The normalized spacial score (nSPS) is 28.0. The van der Waals surface area contributed by atoms with Crippen LogP contribution in [-0.2, 0) is 11.8 Å². The highest BCUT2D eigenvalue weighted by Gasteiger charge is 2.33. The second kappa shape index (κ2) is 7.01. The van der Waals surface area contributed by atoms with Crippen molar-refractivity contribution in [1.29, 1.82) is 0 Å². The van der Waals surface area contributed by atoms with E-state index in [0.717, 1.165) is 38.0 Å². The summed E-state index contributed by atoms with van der Waals surface area (Å²) in [5.74, 6) is 0. The number of aryl methyl sites for hydroxylation is 1. The van der Waals surface area contributed by atoms with Crippen LogP contribution in [0.25, 0.3) is 0 Å². The summed E-state index contributed by atoms with van der Waals surface area (Å²) in [5.41, 5.74) is 0.908. The van der Waals surface area contributed by atoms with E-state index in [1.165, 1.54) is 0 Å². The van der Waals surface area contributed by atoms with E-state index in [4.69, 9.17) is 4.74 Å². The summed E-state index contributed by atoms with van der Waals surface area (Å²) in [6.07, 6.45) is 6.93. The number of hydrogen-bond acceptors (Lipinski definition) is 4. The van der Waals surface area contributed by atoms with Crippen molar-refractivity contribution in [2.24, 2.45) is 7.05 Å². The first-order chi connectivity index (χ1) is 11.5. The van der Waals surface area contributed by atoms with Gasteiger partial charge in [0.2, 0.25) is 0 Å². The van der Waals surface area contributed by atoms with Crippen molar-refractivity contribution in [3.8, 4) is 0 Å². The monoisotopic (exact) mass is 335 g/mol. The SMILES string of the molecule is CC[C@]1(C)CN(C(=O)N[C@H]2CCCN(c3cnn(C)c3)C2)CCO1. The van der Waals surface area contributed by atoms with Gasteiger partial charge in [-0.3, -0.25) is 4.68 Å². The average Bonchev–Trinajstić information content (AvgIpc) is 3.02. The number of carbonyl (C=O) groups is 1. The second-order valence-electron chi connectivity index (χ2n) is 7.18. The molecule has 0 unspecified atom stereocenters. The van der Waals surface area contributed by atoms with Crippen molar-refractivity contribution in [1.82, 2.24) is 20.0 Å². The summed E-state index contributed by atoms with van der Waals surface area (Å²) in [5, 5.41) is 7.46. The van der Waals surface area contributed by atoms with Crippen LogP contribution in [0.3, 0.4) is 0 Å². The van der Waals surface area contributed by atoms with Crippen molar-refractivity contribution in [2.75, 3.05) is 37.7 Å². The van der Waals surface area contributed by atoms with Crippen LogP contribution in [0, 0.1) is 0 Å². The Morgan fingerprint density at radius 2 is 2.33 bits per heavy atom. The highest BCUT2D eigenvalue weighted by Crippen LogP contribution is 2.22. The summed E-state index contributed by atoms with van der Waals surface area (Å²) in [6, 6.07) is 0.221. The predicted molar refractivity (Wildman–Crippen MR) is 93.2 cm³/mol. The Kier molecular flexibility index (Phi) is 4.99. The zero-order valence-corrected chi connectivity index (χ0v) is 15.0. The lowest BCUT2D eigenvalue weighted by atomic mass is 10.0. The smallest absolute Gasteiger partial charge is 0.317 e. The number of amides is 2. The maximum Gasteiger partial charge on any atom is 0.317 e. The maximum absolute atomic E-state index is 12.6. The quantitative estimate of drug-likeness (QED) is 0.911. The molecule has 7 heteroatoms. The zero-order chi connectivity index (χ0) is 17.2. The molecule has 1 N–H and O–H groups in total. The fraction of sp³-hybridized carbons (Fsp3) is 0.765. The number of ether oxygens (including phenoxy) is 1. The first-order valence-corrected chi connectivity index (χ1v) is 8.92. The highest BCUT2D eigenvalue weighted by molar-refractivity contribution is 5.75. The Morgan fingerprint density at radius 3 is 3.04 bits per heavy atom. The van der Waals surface area contributed by atoms with E-state index in [1.807, 2.05) is 29.0 Å². The Labute approximate surface area is 143 Å². The number of piperidine rings is 1. The first-order valence-electron chi connectivity index (χ1n) is 8.92. The van der Waals surface area contributed by atoms with Crippen LogP contribution in [0.4, 0.5) is 10.5 Å². The van der Waals surface area contributed by atoms with Gasteiger partial charge >= 0.3 is 6.03 Å². The van der Waals surface area contributed by atoms with Gasteiger partial charge in [-0.1, -0.05) is 6.92 Å². The van der Waals surface area contributed by atoms with Crippen molar-refractivity contribution in [2.45, 2.75) is 44.8 Å². The number of anilines is 1. The van der Waals surface area contributed by atoms with Gasteiger partial charge in [0.1, 0.15) is 0 Å². The molecule has 0 bridgehead atoms. The molecule has 134 valence electrons. The van der Waals surface area contributed by atoms with Crippen LogP contribution in [0.1, 0.15) is 33.1 Å². The molecule has 2 atom stereocenters. The average molecular weight is 335 g/mol. The van der Waals surface area contributed by atoms with Gasteiger partial charge in [-0.2, -0.15) is 5.10 Å². The van der Waals surface area contributed by atoms with Gasteiger partial charge in [-0.25, -0.2) is 4.79 Å². The Hall–Kier alpha value is -1.76. The van der Waals surface area contributed by atoms with Crippen LogP contribution in [-0.4, -0.2) is 65.1 Å². The largest absolute Gasteiger partial charge is 0.372 e. The standard InChI is InChI=1S/C17H29N5O2/c1-4-17(2)13-22(8-9-24-17)16(23)19-14-6-5-7-21(11-14)15-10-18-20(3)12-15/h10,12,14H,4-9,11,13H2,1-3H3,(H,19,23)/t14-,17+/m0/s1. The summed E-state index contributed by atoms with van der Waals surface area (Å²) in [7, 11) is 1.93. The number of hydrogen-bond donors (Lipinski definition) is 1. The molecule has 2 saturated heterocycles. The van der Waals surface area contributed by atoms with E-state index in [0.29, 0.717) is 19.7 Å². The number of rotatable bonds is 3. The number of morpholine rings is 1. The van der Waals surface area contributed by atoms with E-state index < -0.39 is 0 Å². The number of urea groups is 1. The van der Waals surface area contributed by atoms with Gasteiger partial charge in [-0.05, 0) is 26.2 Å². The van der Waals surface area contributed by atoms with Gasteiger partial charge in [0.25, 0.3) is 0 Å². The summed E-state index contributed by atoms with van der Waals surface area (Å²) in [4.78, 5) is 16.8. The molecular weight excluding hydrogens is 306 g/mol. The predicted octanol–water partition coefficient (Wildman–Crippen LogP) is 1.60. The molecule has 2 fully saturated rings. The maximum atomic E-state index is 12.6. The molecule has 1 aromatic rings. The molecule has 0 aliphatic carbocycles. The highest BCUT2D eigenvalue weighted by atomic mass is 16.5. The molecule has 0 spiro atoms. The third-order valence-electron chi connectivity index (χ3n) is 5.18. The Balaban J connectivity index is 1.56. The zero-order valence-electron chi connectivity index (χ0n) is 15.0. The van der Waals surface area contributed by atoms with Crippen LogP contribution in [0.2, 0.25) is 0 Å². The Morgan fingerprint density at radius 1 is 1.50 bits per heavy atom. The molecule has 7 nitrogen and oxygen atoms in total. The topological polar surface area (TPSA) is 62.6 Å². The minimum Gasteiger partial charge on any atom is -0.372 e.